The molecule has 16 heavy (non-hydrogen) atoms. The van der Waals surface area contributed by atoms with Crippen molar-refractivity contribution in [1.29, 1.82) is 0 Å². The average Bonchev–Trinajstić information content (AvgIpc) is 2.31. The molecule has 0 atom stereocenters. The summed E-state index contributed by atoms with van der Waals surface area (Å²) in [4.78, 5) is 16.2. The largest absolute Gasteiger partial charge is 0.446 e. The van der Waals surface area contributed by atoms with E-state index in [4.69, 9.17) is 4.84 Å². The van der Waals surface area contributed by atoms with Crippen molar-refractivity contribution < 1.29 is 9.63 Å². The average molecular weight is 265 g/mol. The molecule has 0 rings (SSSR count). The van der Waals surface area contributed by atoms with Gasteiger partial charge in [-0.15, -0.1) is 11.8 Å². The van der Waals surface area contributed by atoms with Crippen LogP contribution >= 0.6 is 23.9 Å². The van der Waals surface area contributed by atoms with E-state index >= 15 is 0 Å². The van der Waals surface area contributed by atoms with Gasteiger partial charge in [0.1, 0.15) is 5.04 Å². The molecule has 1 amide bonds. The minimum Gasteiger partial charge on any atom is -0.296 e. The molecule has 0 saturated carbocycles. The van der Waals surface area contributed by atoms with Gasteiger partial charge in [0, 0.05) is 32.3 Å². The Bertz CT molecular complexity index is 245. The van der Waals surface area contributed by atoms with Crippen LogP contribution in [-0.4, -0.2) is 46.1 Å². The van der Waals surface area contributed by atoms with Crippen LogP contribution in [0.5, 0.6) is 0 Å². The van der Waals surface area contributed by atoms with E-state index in [1.807, 2.05) is 24.4 Å². The zero-order chi connectivity index (χ0) is 12.6. The molecular formula is C9H19N3O2S2. The van der Waals surface area contributed by atoms with Crippen molar-refractivity contribution >= 4 is 35.0 Å². The minimum absolute atomic E-state index is 0.467. The molecule has 0 aromatic carbocycles. The second-order valence-electron chi connectivity index (χ2n) is 2.87. The lowest BCUT2D eigenvalue weighted by Crippen LogP contribution is -2.27. The highest BCUT2D eigenvalue weighted by Gasteiger charge is 2.14. The molecule has 0 aromatic rings. The number of carbonyl (C=O) groups excluding carboxylic acids is 1. The van der Waals surface area contributed by atoms with Gasteiger partial charge in [0.25, 0.3) is 0 Å². The highest BCUT2D eigenvalue weighted by Crippen LogP contribution is 2.14. The Morgan fingerprint density at radius 3 is 2.38 bits per heavy atom. The molecule has 0 aliphatic heterocycles. The minimum atomic E-state index is -0.467. The van der Waals surface area contributed by atoms with E-state index in [0.29, 0.717) is 0 Å². The van der Waals surface area contributed by atoms with Gasteiger partial charge in [-0.05, 0) is 13.2 Å². The van der Waals surface area contributed by atoms with Crippen LogP contribution in [0.1, 0.15) is 20.8 Å². The molecule has 0 aliphatic carbocycles. The lowest BCUT2D eigenvalue weighted by Gasteiger charge is -2.21. The van der Waals surface area contributed by atoms with Gasteiger partial charge in [-0.2, -0.15) is 0 Å². The molecule has 94 valence electrons. The Morgan fingerprint density at radius 1 is 1.38 bits per heavy atom. The summed E-state index contributed by atoms with van der Waals surface area (Å²) in [6.07, 6.45) is 1.41. The van der Waals surface area contributed by atoms with Crippen LogP contribution in [0.25, 0.3) is 0 Å². The topological polar surface area (TPSA) is 45.1 Å². The highest BCUT2D eigenvalue weighted by atomic mass is 32.2. The van der Waals surface area contributed by atoms with Crippen molar-refractivity contribution in [3.8, 4) is 0 Å². The second kappa shape index (κ2) is 8.72. The fourth-order valence-electron chi connectivity index (χ4n) is 0.744. The third kappa shape index (κ3) is 6.24. The summed E-state index contributed by atoms with van der Waals surface area (Å²) >= 11 is 2.77. The van der Waals surface area contributed by atoms with E-state index in [2.05, 4.69) is 5.16 Å². The maximum absolute atomic E-state index is 11.5. The van der Waals surface area contributed by atoms with Gasteiger partial charge in [0.05, 0.1) is 0 Å². The lowest BCUT2D eigenvalue weighted by atomic mass is 10.7. The Labute approximate surface area is 106 Å². The Morgan fingerprint density at radius 2 is 1.94 bits per heavy atom. The molecule has 0 unspecified atom stereocenters. The Hall–Kier alpha value is -0.400. The third-order valence-corrected chi connectivity index (χ3v) is 3.55. The summed E-state index contributed by atoms with van der Waals surface area (Å²) in [6.45, 7) is 7.59. The van der Waals surface area contributed by atoms with E-state index < -0.39 is 6.09 Å². The first-order valence-electron chi connectivity index (χ1n) is 5.01. The standard InChI is InChI=1S/C9H19N3O2S2/c1-6-12(7-2)16-11(4)9(13)14-10-8(3)15-5/h6-7H2,1-5H3/b10-8+. The van der Waals surface area contributed by atoms with Gasteiger partial charge >= 0.3 is 6.09 Å². The van der Waals surface area contributed by atoms with E-state index in [9.17, 15) is 4.79 Å². The first-order valence-corrected chi connectivity index (χ1v) is 6.96. The van der Waals surface area contributed by atoms with Gasteiger partial charge in [-0.1, -0.05) is 19.0 Å². The first kappa shape index (κ1) is 15.6. The molecule has 0 radical (unpaired) electrons. The summed E-state index contributed by atoms with van der Waals surface area (Å²) in [5.41, 5.74) is 0. The first-order chi connectivity index (χ1) is 7.54. The maximum Gasteiger partial charge on any atom is 0.446 e. The van der Waals surface area contributed by atoms with Gasteiger partial charge in [0.15, 0.2) is 0 Å². The van der Waals surface area contributed by atoms with Crippen molar-refractivity contribution in [1.82, 2.24) is 8.61 Å². The maximum atomic E-state index is 11.5. The molecular weight excluding hydrogens is 246 g/mol. The molecule has 0 spiro atoms. The summed E-state index contributed by atoms with van der Waals surface area (Å²) in [5, 5.41) is 4.40. The van der Waals surface area contributed by atoms with Gasteiger partial charge < -0.3 is 0 Å². The molecule has 0 aliphatic rings. The van der Waals surface area contributed by atoms with Crippen LogP contribution in [0.15, 0.2) is 5.16 Å². The SMILES string of the molecule is CCN(CC)SN(C)C(=O)O/N=C(\C)SC. The predicted molar refractivity (Wildman–Crippen MR) is 71.4 cm³/mol. The quantitative estimate of drug-likeness (QED) is 0.251. The van der Waals surface area contributed by atoms with Crippen LogP contribution in [0.2, 0.25) is 0 Å². The van der Waals surface area contributed by atoms with Gasteiger partial charge in [-0.25, -0.2) is 13.4 Å². The lowest BCUT2D eigenvalue weighted by molar-refractivity contribution is 0.136. The number of hydrogen-bond donors (Lipinski definition) is 0. The number of carbonyl (C=O) groups is 1. The molecule has 0 N–H and O–H groups in total. The summed E-state index contributed by atoms with van der Waals surface area (Å²) in [6, 6.07) is 0. The van der Waals surface area contributed by atoms with E-state index in [0.717, 1.165) is 18.1 Å². The van der Waals surface area contributed by atoms with Gasteiger partial charge in [-0.3, -0.25) is 4.84 Å². The van der Waals surface area contributed by atoms with Crippen molar-refractivity contribution in [2.75, 3.05) is 26.4 Å². The summed E-state index contributed by atoms with van der Waals surface area (Å²) < 4.78 is 3.45. The zero-order valence-electron chi connectivity index (χ0n) is 10.4. The number of nitrogens with zero attached hydrogens (tertiary/aromatic N) is 3. The molecule has 0 heterocycles. The number of oxime groups is 1. The van der Waals surface area contributed by atoms with E-state index in [-0.39, 0.29) is 0 Å². The number of rotatable bonds is 5. The molecule has 5 nitrogen and oxygen atoms in total. The molecule has 0 fully saturated rings. The van der Waals surface area contributed by atoms with Gasteiger partial charge in [0.2, 0.25) is 0 Å². The summed E-state index contributed by atoms with van der Waals surface area (Å²) in [7, 11) is 1.66. The van der Waals surface area contributed by atoms with E-state index in [1.165, 1.54) is 28.2 Å². The number of amides is 1. The molecule has 0 saturated heterocycles. The molecule has 7 heteroatoms. The summed E-state index contributed by atoms with van der Waals surface area (Å²) in [5.74, 6) is 0. The van der Waals surface area contributed by atoms with Crippen molar-refractivity contribution in [2.45, 2.75) is 20.8 Å². The predicted octanol–water partition coefficient (Wildman–Crippen LogP) is 2.66. The van der Waals surface area contributed by atoms with Crippen molar-refractivity contribution in [3.05, 3.63) is 0 Å². The molecule has 0 bridgehead atoms. The van der Waals surface area contributed by atoms with Crippen LogP contribution in [0, 0.1) is 0 Å². The third-order valence-electron chi connectivity index (χ3n) is 1.75. The number of hydrogen-bond acceptors (Lipinski definition) is 6. The van der Waals surface area contributed by atoms with Crippen molar-refractivity contribution in [3.63, 3.8) is 0 Å². The normalized spacial score (nSPS) is 11.8. The van der Waals surface area contributed by atoms with Crippen LogP contribution in [0.3, 0.4) is 0 Å². The number of thioether (sulfide) groups is 1. The monoisotopic (exact) mass is 265 g/mol. The van der Waals surface area contributed by atoms with Crippen LogP contribution in [-0.2, 0) is 4.84 Å². The van der Waals surface area contributed by atoms with Crippen LogP contribution in [0.4, 0.5) is 4.79 Å². The zero-order valence-corrected chi connectivity index (χ0v) is 12.0. The Balaban J connectivity index is 4.08. The Kier molecular flexibility index (Phi) is 8.50. The fraction of sp³-hybridized carbons (Fsp3) is 0.778. The second-order valence-corrected chi connectivity index (χ2v) is 5.09. The van der Waals surface area contributed by atoms with Crippen LogP contribution < -0.4 is 0 Å². The molecule has 0 aromatic heterocycles. The highest BCUT2D eigenvalue weighted by molar-refractivity contribution is 8.13. The smallest absolute Gasteiger partial charge is 0.296 e. The fourth-order valence-corrected chi connectivity index (χ4v) is 1.53. The van der Waals surface area contributed by atoms with Crippen molar-refractivity contribution in [2.24, 2.45) is 5.16 Å². The van der Waals surface area contributed by atoms with E-state index in [1.54, 1.807) is 14.0 Å².